The van der Waals surface area contributed by atoms with Gasteiger partial charge in [-0.05, 0) is 63.2 Å². The summed E-state index contributed by atoms with van der Waals surface area (Å²) in [5.41, 5.74) is 0. The average molecular weight is 341 g/mol. The van der Waals surface area contributed by atoms with Crippen LogP contribution in [-0.4, -0.2) is 41.9 Å². The molecule has 0 radical (unpaired) electrons. The normalized spacial score (nSPS) is 20.7. The summed E-state index contributed by atoms with van der Waals surface area (Å²) >= 11 is 7.67. The van der Waals surface area contributed by atoms with Crippen LogP contribution >= 0.6 is 22.9 Å². The van der Waals surface area contributed by atoms with Gasteiger partial charge in [-0.2, -0.15) is 0 Å². The summed E-state index contributed by atoms with van der Waals surface area (Å²) in [7, 11) is 0. The Morgan fingerprint density at radius 1 is 1.18 bits per heavy atom. The van der Waals surface area contributed by atoms with Crippen molar-refractivity contribution >= 4 is 28.8 Å². The summed E-state index contributed by atoms with van der Waals surface area (Å²) in [5, 5.41) is 0. The smallest absolute Gasteiger partial charge is 0.222 e. The molecule has 0 spiro atoms. The lowest BCUT2D eigenvalue weighted by atomic mass is 9.92. The van der Waals surface area contributed by atoms with Crippen molar-refractivity contribution in [2.45, 2.75) is 45.1 Å². The van der Waals surface area contributed by atoms with Crippen molar-refractivity contribution in [3.63, 3.8) is 0 Å². The second-order valence-corrected chi connectivity index (χ2v) is 8.35. The summed E-state index contributed by atoms with van der Waals surface area (Å²) in [6.07, 6.45) is 6.67. The molecule has 5 heteroatoms. The minimum Gasteiger partial charge on any atom is -0.343 e. The molecule has 0 bridgehead atoms. The molecule has 2 fully saturated rings. The van der Waals surface area contributed by atoms with Crippen LogP contribution in [0.25, 0.3) is 0 Å². The van der Waals surface area contributed by atoms with E-state index in [0.717, 1.165) is 55.8 Å². The Morgan fingerprint density at radius 2 is 1.91 bits per heavy atom. The van der Waals surface area contributed by atoms with E-state index in [4.69, 9.17) is 11.6 Å². The second-order valence-electron chi connectivity index (χ2n) is 6.55. The van der Waals surface area contributed by atoms with Crippen molar-refractivity contribution in [1.29, 1.82) is 0 Å². The van der Waals surface area contributed by atoms with Crippen LogP contribution in [0.3, 0.4) is 0 Å². The Morgan fingerprint density at radius 3 is 2.55 bits per heavy atom. The molecule has 3 rings (SSSR count). The van der Waals surface area contributed by atoms with Crippen molar-refractivity contribution in [2.75, 3.05) is 26.2 Å². The van der Waals surface area contributed by atoms with Gasteiger partial charge in [-0.25, -0.2) is 0 Å². The third-order valence-corrected chi connectivity index (χ3v) is 6.16. The minimum atomic E-state index is 0.383. The van der Waals surface area contributed by atoms with Crippen LogP contribution in [0.2, 0.25) is 4.34 Å². The number of nitrogens with zero attached hydrogens (tertiary/aromatic N) is 2. The largest absolute Gasteiger partial charge is 0.343 e. The molecule has 0 unspecified atom stereocenters. The van der Waals surface area contributed by atoms with Gasteiger partial charge in [-0.1, -0.05) is 11.6 Å². The number of halogens is 1. The molecule has 1 amide bonds. The lowest BCUT2D eigenvalue weighted by Crippen LogP contribution is -2.34. The van der Waals surface area contributed by atoms with E-state index in [0.29, 0.717) is 5.91 Å². The highest BCUT2D eigenvalue weighted by molar-refractivity contribution is 7.16. The fourth-order valence-corrected chi connectivity index (χ4v) is 4.67. The third-order valence-electron chi connectivity index (χ3n) is 4.94. The van der Waals surface area contributed by atoms with Gasteiger partial charge in [0.2, 0.25) is 5.91 Å². The molecule has 3 heterocycles. The molecule has 2 aliphatic heterocycles. The predicted molar refractivity (Wildman–Crippen MR) is 92.4 cm³/mol. The number of likely N-dealkylation sites (tertiary alicyclic amines) is 2. The first kappa shape index (κ1) is 16.3. The minimum absolute atomic E-state index is 0.383. The lowest BCUT2D eigenvalue weighted by molar-refractivity contribution is -0.130. The summed E-state index contributed by atoms with van der Waals surface area (Å²) in [6, 6.07) is 4.12. The zero-order chi connectivity index (χ0) is 15.4. The topological polar surface area (TPSA) is 23.6 Å². The highest BCUT2D eigenvalue weighted by atomic mass is 35.5. The quantitative estimate of drug-likeness (QED) is 0.808. The zero-order valence-corrected chi connectivity index (χ0v) is 14.7. The van der Waals surface area contributed by atoms with Crippen molar-refractivity contribution < 1.29 is 4.79 Å². The van der Waals surface area contributed by atoms with Crippen LogP contribution in [0.1, 0.15) is 43.4 Å². The van der Waals surface area contributed by atoms with Crippen LogP contribution in [0, 0.1) is 5.92 Å². The van der Waals surface area contributed by atoms with Gasteiger partial charge in [0.15, 0.2) is 0 Å². The summed E-state index contributed by atoms with van der Waals surface area (Å²) < 4.78 is 0.880. The highest BCUT2D eigenvalue weighted by Gasteiger charge is 2.22. The number of amides is 1. The predicted octanol–water partition coefficient (Wildman–Crippen LogP) is 4.02. The molecule has 3 nitrogen and oxygen atoms in total. The SMILES string of the molecule is O=C(CCC1CCN(Cc2ccc(Cl)s2)CC1)N1CCCC1. The molecular weight excluding hydrogens is 316 g/mol. The molecule has 22 heavy (non-hydrogen) atoms. The van der Waals surface area contributed by atoms with E-state index >= 15 is 0 Å². The van der Waals surface area contributed by atoms with Crippen LogP contribution in [-0.2, 0) is 11.3 Å². The van der Waals surface area contributed by atoms with Crippen molar-refractivity contribution in [2.24, 2.45) is 5.92 Å². The Labute approximate surface area is 142 Å². The molecule has 2 saturated heterocycles. The van der Waals surface area contributed by atoms with Gasteiger partial charge in [0, 0.05) is 30.9 Å². The Balaban J connectivity index is 1.35. The Bertz CT molecular complexity index is 491. The molecule has 0 N–H and O–H groups in total. The summed E-state index contributed by atoms with van der Waals surface area (Å²) in [4.78, 5) is 18.0. The van der Waals surface area contributed by atoms with Gasteiger partial charge in [-0.15, -0.1) is 11.3 Å². The maximum Gasteiger partial charge on any atom is 0.222 e. The molecule has 0 saturated carbocycles. The number of rotatable bonds is 5. The third kappa shape index (κ3) is 4.46. The molecular formula is C17H25ClN2OS. The van der Waals surface area contributed by atoms with Crippen LogP contribution in [0.4, 0.5) is 0 Å². The standard InChI is InChI=1S/C17H25ClN2OS/c18-16-5-4-15(22-16)13-19-11-7-14(8-12-19)3-6-17(21)20-9-1-2-10-20/h4-5,14H,1-3,6-13H2. The summed E-state index contributed by atoms with van der Waals surface area (Å²) in [5.74, 6) is 1.11. The number of hydrogen-bond acceptors (Lipinski definition) is 3. The Kier molecular flexibility index (Phi) is 5.77. The molecule has 1 aromatic heterocycles. The van der Waals surface area contributed by atoms with Gasteiger partial charge in [0.1, 0.15) is 0 Å². The van der Waals surface area contributed by atoms with E-state index in [1.807, 2.05) is 6.07 Å². The molecule has 0 aliphatic carbocycles. The van der Waals surface area contributed by atoms with Crippen molar-refractivity contribution in [1.82, 2.24) is 9.80 Å². The second kappa shape index (κ2) is 7.80. The molecule has 122 valence electrons. The molecule has 0 aromatic carbocycles. The van der Waals surface area contributed by atoms with Crippen molar-refractivity contribution in [3.05, 3.63) is 21.3 Å². The van der Waals surface area contributed by atoms with Gasteiger partial charge in [0.05, 0.1) is 4.34 Å². The first-order chi connectivity index (χ1) is 10.7. The maximum absolute atomic E-state index is 12.1. The number of hydrogen-bond donors (Lipinski definition) is 0. The van der Waals surface area contributed by atoms with E-state index < -0.39 is 0 Å². The van der Waals surface area contributed by atoms with Crippen LogP contribution < -0.4 is 0 Å². The molecule has 2 aliphatic rings. The lowest BCUT2D eigenvalue weighted by Gasteiger charge is -2.31. The van der Waals surface area contributed by atoms with E-state index in [2.05, 4.69) is 15.9 Å². The average Bonchev–Trinajstić information content (AvgIpc) is 3.18. The maximum atomic E-state index is 12.1. The first-order valence-corrected chi connectivity index (χ1v) is 9.64. The van der Waals surface area contributed by atoms with Crippen LogP contribution in [0.5, 0.6) is 0 Å². The number of carbonyl (C=O) groups is 1. The zero-order valence-electron chi connectivity index (χ0n) is 13.1. The van der Waals surface area contributed by atoms with E-state index in [1.165, 1.54) is 30.6 Å². The van der Waals surface area contributed by atoms with E-state index in [9.17, 15) is 4.79 Å². The van der Waals surface area contributed by atoms with Gasteiger partial charge < -0.3 is 4.90 Å². The number of thiophene rings is 1. The first-order valence-electron chi connectivity index (χ1n) is 8.45. The Hall–Kier alpha value is -0.580. The highest BCUT2D eigenvalue weighted by Crippen LogP contribution is 2.27. The monoisotopic (exact) mass is 340 g/mol. The number of carbonyl (C=O) groups excluding carboxylic acids is 1. The molecule has 0 atom stereocenters. The van der Waals surface area contributed by atoms with Gasteiger partial charge >= 0.3 is 0 Å². The van der Waals surface area contributed by atoms with Crippen LogP contribution in [0.15, 0.2) is 12.1 Å². The van der Waals surface area contributed by atoms with E-state index in [-0.39, 0.29) is 0 Å². The fraction of sp³-hybridized carbons (Fsp3) is 0.706. The number of piperidine rings is 1. The molecule has 1 aromatic rings. The van der Waals surface area contributed by atoms with Crippen molar-refractivity contribution in [3.8, 4) is 0 Å². The van der Waals surface area contributed by atoms with Gasteiger partial charge in [0.25, 0.3) is 0 Å². The van der Waals surface area contributed by atoms with E-state index in [1.54, 1.807) is 11.3 Å². The summed E-state index contributed by atoms with van der Waals surface area (Å²) in [6.45, 7) is 5.30. The fourth-order valence-electron chi connectivity index (χ4n) is 3.54. The van der Waals surface area contributed by atoms with Gasteiger partial charge in [-0.3, -0.25) is 9.69 Å².